The van der Waals surface area contributed by atoms with E-state index in [2.05, 4.69) is 26.5 Å². The van der Waals surface area contributed by atoms with Gasteiger partial charge in [-0.1, -0.05) is 79.2 Å². The Labute approximate surface area is 179 Å². The van der Waals surface area contributed by atoms with Gasteiger partial charge in [-0.05, 0) is 40.8 Å². The summed E-state index contributed by atoms with van der Waals surface area (Å²) in [5, 5.41) is 14.6. The van der Waals surface area contributed by atoms with Gasteiger partial charge in [0, 0.05) is 21.2 Å². The van der Waals surface area contributed by atoms with Crippen LogP contribution in [-0.4, -0.2) is 17.2 Å². The molecule has 0 aliphatic rings. The van der Waals surface area contributed by atoms with E-state index in [0.29, 0.717) is 11.1 Å². The van der Waals surface area contributed by atoms with Crippen LogP contribution >= 0.6 is 15.9 Å². The number of aromatic hydroxyl groups is 1. The van der Waals surface area contributed by atoms with Crippen LogP contribution in [0, 0.1) is 0 Å². The maximum absolute atomic E-state index is 12.4. The van der Waals surface area contributed by atoms with Gasteiger partial charge in [-0.25, -0.2) is 5.43 Å². The summed E-state index contributed by atoms with van der Waals surface area (Å²) in [6.45, 7) is 6.07. The van der Waals surface area contributed by atoms with E-state index in [4.69, 9.17) is 0 Å². The molecule has 0 aliphatic heterocycles. The van der Waals surface area contributed by atoms with Crippen LogP contribution in [0.15, 0.2) is 76.3 Å². The average Bonchev–Trinajstić information content (AvgIpc) is 2.70. The fourth-order valence-corrected chi connectivity index (χ4v) is 3.44. The van der Waals surface area contributed by atoms with E-state index in [9.17, 15) is 9.90 Å². The summed E-state index contributed by atoms with van der Waals surface area (Å²) in [7, 11) is 0. The number of phenols is 1. The van der Waals surface area contributed by atoms with Gasteiger partial charge < -0.3 is 5.11 Å². The van der Waals surface area contributed by atoms with Crippen LogP contribution < -0.4 is 5.43 Å². The molecule has 0 saturated carbocycles. The number of phenolic OH excluding ortho intramolecular Hbond substituents is 1. The second-order valence-corrected chi connectivity index (χ2v) is 8.70. The third-order valence-corrected chi connectivity index (χ3v) is 4.99. The standard InChI is InChI=1S/C24H23BrN2O2/c1-24(2,3)21-14-20(25)13-19(22(21)28)15-26-27-23(29)18-11-9-17(10-12-18)16-7-5-4-6-8-16/h4-15,28H,1-3H3,(H,27,29)/b26-15+. The molecular weight excluding hydrogens is 428 g/mol. The van der Waals surface area contributed by atoms with Crippen molar-refractivity contribution < 1.29 is 9.90 Å². The molecule has 0 atom stereocenters. The molecule has 4 nitrogen and oxygen atoms in total. The number of benzene rings is 3. The molecule has 0 unspecified atom stereocenters. The normalized spacial score (nSPS) is 11.6. The minimum absolute atomic E-state index is 0.158. The topological polar surface area (TPSA) is 61.7 Å². The highest BCUT2D eigenvalue weighted by Crippen LogP contribution is 2.35. The summed E-state index contributed by atoms with van der Waals surface area (Å²) in [6.07, 6.45) is 1.45. The lowest BCUT2D eigenvalue weighted by molar-refractivity contribution is 0.0955. The van der Waals surface area contributed by atoms with Gasteiger partial charge in [0.2, 0.25) is 0 Å². The zero-order valence-corrected chi connectivity index (χ0v) is 18.2. The first kappa shape index (κ1) is 20.8. The molecule has 0 radical (unpaired) electrons. The minimum Gasteiger partial charge on any atom is -0.507 e. The highest BCUT2D eigenvalue weighted by Gasteiger charge is 2.20. The predicted octanol–water partition coefficient (Wildman–Crippen LogP) is 5.88. The van der Waals surface area contributed by atoms with Crippen LogP contribution in [0.25, 0.3) is 11.1 Å². The maximum atomic E-state index is 12.4. The number of hydrogen-bond donors (Lipinski definition) is 2. The van der Waals surface area contributed by atoms with Gasteiger partial charge in [-0.15, -0.1) is 0 Å². The molecule has 148 valence electrons. The highest BCUT2D eigenvalue weighted by atomic mass is 79.9. The van der Waals surface area contributed by atoms with E-state index in [1.807, 2.05) is 69.3 Å². The third-order valence-electron chi connectivity index (χ3n) is 4.54. The fourth-order valence-electron chi connectivity index (χ4n) is 2.96. The molecule has 0 heterocycles. The van der Waals surface area contributed by atoms with E-state index >= 15 is 0 Å². The van der Waals surface area contributed by atoms with E-state index in [-0.39, 0.29) is 17.1 Å². The number of nitrogens with one attached hydrogen (secondary N) is 1. The van der Waals surface area contributed by atoms with Crippen molar-refractivity contribution in [3.63, 3.8) is 0 Å². The summed E-state index contributed by atoms with van der Waals surface area (Å²) < 4.78 is 0.838. The van der Waals surface area contributed by atoms with Crippen molar-refractivity contribution in [3.05, 3.63) is 87.9 Å². The molecule has 5 heteroatoms. The Kier molecular flexibility index (Phi) is 6.18. The van der Waals surface area contributed by atoms with Crippen LogP contribution in [-0.2, 0) is 5.41 Å². The van der Waals surface area contributed by atoms with E-state index in [0.717, 1.165) is 21.2 Å². The monoisotopic (exact) mass is 450 g/mol. The Morgan fingerprint density at radius 1 is 1.00 bits per heavy atom. The Morgan fingerprint density at radius 3 is 2.24 bits per heavy atom. The third kappa shape index (κ3) is 5.12. The summed E-state index contributed by atoms with van der Waals surface area (Å²) in [5.41, 5.74) is 6.27. The number of hydrogen-bond acceptors (Lipinski definition) is 3. The molecule has 0 aliphatic carbocycles. The molecule has 0 aromatic heterocycles. The van der Waals surface area contributed by atoms with Crippen LogP contribution in [0.3, 0.4) is 0 Å². The second kappa shape index (κ2) is 8.62. The number of hydrazone groups is 1. The van der Waals surface area contributed by atoms with Crippen LogP contribution in [0.4, 0.5) is 0 Å². The minimum atomic E-state index is -0.314. The van der Waals surface area contributed by atoms with Gasteiger partial charge in [0.25, 0.3) is 5.91 Å². The first-order valence-electron chi connectivity index (χ1n) is 9.27. The zero-order chi connectivity index (χ0) is 21.0. The molecule has 29 heavy (non-hydrogen) atoms. The van der Waals surface area contributed by atoms with Gasteiger partial charge in [0.05, 0.1) is 6.21 Å². The van der Waals surface area contributed by atoms with Crippen molar-refractivity contribution >= 4 is 28.1 Å². The lowest BCUT2D eigenvalue weighted by Gasteiger charge is -2.21. The van der Waals surface area contributed by atoms with Crippen molar-refractivity contribution in [2.45, 2.75) is 26.2 Å². The van der Waals surface area contributed by atoms with Gasteiger partial charge in [-0.2, -0.15) is 5.10 Å². The fraction of sp³-hybridized carbons (Fsp3) is 0.167. The van der Waals surface area contributed by atoms with Gasteiger partial charge in [0.15, 0.2) is 0 Å². The van der Waals surface area contributed by atoms with Crippen molar-refractivity contribution in [2.24, 2.45) is 5.10 Å². The van der Waals surface area contributed by atoms with E-state index < -0.39 is 0 Å². The quantitative estimate of drug-likeness (QED) is 0.384. The van der Waals surface area contributed by atoms with Gasteiger partial charge >= 0.3 is 0 Å². The molecule has 0 spiro atoms. The lowest BCUT2D eigenvalue weighted by atomic mass is 9.85. The van der Waals surface area contributed by atoms with Crippen LogP contribution in [0.1, 0.15) is 42.3 Å². The molecule has 0 bridgehead atoms. The number of carbonyl (C=O) groups excluding carboxylic acids is 1. The molecule has 0 fully saturated rings. The first-order valence-corrected chi connectivity index (χ1v) is 10.1. The average molecular weight is 451 g/mol. The molecule has 3 aromatic rings. The largest absolute Gasteiger partial charge is 0.507 e. The summed E-state index contributed by atoms with van der Waals surface area (Å²) in [5.74, 6) is -0.155. The summed E-state index contributed by atoms with van der Waals surface area (Å²) >= 11 is 3.46. The number of amides is 1. The summed E-state index contributed by atoms with van der Waals surface area (Å²) in [6, 6.07) is 21.0. The number of nitrogens with zero attached hydrogens (tertiary/aromatic N) is 1. The van der Waals surface area contributed by atoms with E-state index in [1.165, 1.54) is 6.21 Å². The Hall–Kier alpha value is -2.92. The molecule has 1 amide bonds. The number of rotatable bonds is 4. The van der Waals surface area contributed by atoms with Crippen LogP contribution in [0.5, 0.6) is 5.75 Å². The van der Waals surface area contributed by atoms with Crippen LogP contribution in [0.2, 0.25) is 0 Å². The van der Waals surface area contributed by atoms with Crippen molar-refractivity contribution in [2.75, 3.05) is 0 Å². The van der Waals surface area contributed by atoms with Gasteiger partial charge in [0.1, 0.15) is 5.75 Å². The first-order chi connectivity index (χ1) is 13.8. The van der Waals surface area contributed by atoms with Gasteiger partial charge in [-0.3, -0.25) is 4.79 Å². The van der Waals surface area contributed by atoms with E-state index in [1.54, 1.807) is 18.2 Å². The molecule has 2 N–H and O–H groups in total. The van der Waals surface area contributed by atoms with Crippen molar-refractivity contribution in [1.29, 1.82) is 0 Å². The second-order valence-electron chi connectivity index (χ2n) is 7.78. The smallest absolute Gasteiger partial charge is 0.271 e. The molecule has 0 saturated heterocycles. The zero-order valence-electron chi connectivity index (χ0n) is 16.6. The molecular formula is C24H23BrN2O2. The molecule has 3 aromatic carbocycles. The maximum Gasteiger partial charge on any atom is 0.271 e. The Morgan fingerprint density at radius 2 is 1.62 bits per heavy atom. The Balaban J connectivity index is 1.73. The van der Waals surface area contributed by atoms with Crippen molar-refractivity contribution in [3.8, 4) is 16.9 Å². The number of halogens is 1. The van der Waals surface area contributed by atoms with Crippen molar-refractivity contribution in [1.82, 2.24) is 5.43 Å². The number of carbonyl (C=O) groups is 1. The summed E-state index contributed by atoms with van der Waals surface area (Å²) in [4.78, 5) is 12.4. The Bertz CT molecular complexity index is 1040. The lowest BCUT2D eigenvalue weighted by Crippen LogP contribution is -2.17. The SMILES string of the molecule is CC(C)(C)c1cc(Br)cc(/C=N/NC(=O)c2ccc(-c3ccccc3)cc2)c1O. The predicted molar refractivity (Wildman–Crippen MR) is 121 cm³/mol. The molecule has 3 rings (SSSR count). The highest BCUT2D eigenvalue weighted by molar-refractivity contribution is 9.10.